The monoisotopic (exact) mass is 365 g/mol. The molecule has 0 atom stereocenters. The van der Waals surface area contributed by atoms with Gasteiger partial charge in [-0.25, -0.2) is 4.98 Å². The van der Waals surface area contributed by atoms with Crippen LogP contribution in [0.3, 0.4) is 0 Å². The standard InChI is InChI=1S/C20H23N5O2/c1-27-18-9-3-2-7-15(18)14-23-19-13-17(16-8-4-5-10-21-16)24-20(25-19)22-11-6-12-26/h2-5,7-10,13,26H,6,11-12,14H2,1H3,(H2,22,23,24,25). The molecule has 0 saturated heterocycles. The molecule has 0 aliphatic heterocycles. The van der Waals surface area contributed by atoms with E-state index in [0.717, 1.165) is 22.7 Å². The Kier molecular flexibility index (Phi) is 6.54. The molecule has 7 nitrogen and oxygen atoms in total. The smallest absolute Gasteiger partial charge is 0.225 e. The summed E-state index contributed by atoms with van der Waals surface area (Å²) in [6.45, 7) is 1.28. The van der Waals surface area contributed by atoms with E-state index in [-0.39, 0.29) is 6.61 Å². The van der Waals surface area contributed by atoms with Crippen molar-refractivity contribution in [2.45, 2.75) is 13.0 Å². The molecule has 7 heteroatoms. The van der Waals surface area contributed by atoms with Gasteiger partial charge >= 0.3 is 0 Å². The van der Waals surface area contributed by atoms with Crippen molar-refractivity contribution in [3.63, 3.8) is 0 Å². The van der Waals surface area contributed by atoms with Gasteiger partial charge in [0.2, 0.25) is 5.95 Å². The molecule has 0 bridgehead atoms. The number of nitrogens with one attached hydrogen (secondary N) is 2. The van der Waals surface area contributed by atoms with Crippen LogP contribution in [-0.2, 0) is 6.54 Å². The van der Waals surface area contributed by atoms with Crippen molar-refractivity contribution in [2.24, 2.45) is 0 Å². The number of hydrogen-bond donors (Lipinski definition) is 3. The number of ether oxygens (including phenoxy) is 1. The highest BCUT2D eigenvalue weighted by atomic mass is 16.5. The Bertz CT molecular complexity index is 858. The van der Waals surface area contributed by atoms with Crippen LogP contribution < -0.4 is 15.4 Å². The largest absolute Gasteiger partial charge is 0.496 e. The quantitative estimate of drug-likeness (QED) is 0.502. The van der Waals surface area contributed by atoms with E-state index < -0.39 is 0 Å². The minimum Gasteiger partial charge on any atom is -0.496 e. The zero-order valence-corrected chi connectivity index (χ0v) is 15.2. The maximum Gasteiger partial charge on any atom is 0.225 e. The third kappa shape index (κ3) is 5.15. The predicted molar refractivity (Wildman–Crippen MR) is 106 cm³/mol. The summed E-state index contributed by atoms with van der Waals surface area (Å²) in [6.07, 6.45) is 2.36. The molecule has 1 aromatic carbocycles. The van der Waals surface area contributed by atoms with E-state index in [4.69, 9.17) is 9.84 Å². The second-order valence-corrected chi connectivity index (χ2v) is 5.85. The van der Waals surface area contributed by atoms with Crippen molar-refractivity contribution in [2.75, 3.05) is 30.9 Å². The highest BCUT2D eigenvalue weighted by molar-refractivity contribution is 5.61. The molecule has 0 radical (unpaired) electrons. The first-order valence-corrected chi connectivity index (χ1v) is 8.81. The average Bonchev–Trinajstić information content (AvgIpc) is 2.73. The minimum atomic E-state index is 0.117. The topological polar surface area (TPSA) is 92.2 Å². The number of benzene rings is 1. The SMILES string of the molecule is COc1ccccc1CNc1cc(-c2ccccn2)nc(NCCCO)n1. The maximum atomic E-state index is 8.98. The Morgan fingerprint density at radius 3 is 2.63 bits per heavy atom. The summed E-state index contributed by atoms with van der Waals surface area (Å²) in [4.78, 5) is 13.4. The average molecular weight is 365 g/mol. The van der Waals surface area contributed by atoms with Gasteiger partial charge in [0, 0.05) is 37.5 Å². The van der Waals surface area contributed by atoms with Crippen LogP contribution in [0.5, 0.6) is 5.75 Å². The van der Waals surface area contributed by atoms with E-state index in [0.29, 0.717) is 31.3 Å². The summed E-state index contributed by atoms with van der Waals surface area (Å²) in [5.74, 6) is 2.00. The third-order valence-electron chi connectivity index (χ3n) is 3.92. The van der Waals surface area contributed by atoms with E-state index in [1.807, 2.05) is 48.5 Å². The lowest BCUT2D eigenvalue weighted by Gasteiger charge is -2.12. The summed E-state index contributed by atoms with van der Waals surface area (Å²) in [7, 11) is 1.66. The maximum absolute atomic E-state index is 8.98. The number of nitrogens with zero attached hydrogens (tertiary/aromatic N) is 3. The van der Waals surface area contributed by atoms with E-state index in [2.05, 4.69) is 25.6 Å². The number of anilines is 2. The molecule has 0 amide bonds. The molecule has 3 rings (SSSR count). The fourth-order valence-corrected chi connectivity index (χ4v) is 2.58. The van der Waals surface area contributed by atoms with Gasteiger partial charge in [-0.2, -0.15) is 4.98 Å². The summed E-state index contributed by atoms with van der Waals surface area (Å²) in [5, 5.41) is 15.4. The predicted octanol–water partition coefficient (Wildman–Crippen LogP) is 2.95. The molecule has 2 aromatic heterocycles. The number of methoxy groups -OCH3 is 1. The molecule has 3 aromatic rings. The van der Waals surface area contributed by atoms with Gasteiger partial charge < -0.3 is 20.5 Å². The van der Waals surface area contributed by atoms with Crippen LogP contribution in [0, 0.1) is 0 Å². The van der Waals surface area contributed by atoms with Crippen molar-refractivity contribution in [1.82, 2.24) is 15.0 Å². The van der Waals surface area contributed by atoms with Gasteiger partial charge in [-0.05, 0) is 24.6 Å². The van der Waals surface area contributed by atoms with Crippen molar-refractivity contribution >= 4 is 11.8 Å². The highest BCUT2D eigenvalue weighted by Gasteiger charge is 2.09. The lowest BCUT2D eigenvalue weighted by molar-refractivity contribution is 0.292. The summed E-state index contributed by atoms with van der Waals surface area (Å²) in [5.41, 5.74) is 2.53. The number of aromatic nitrogens is 3. The molecule has 0 saturated carbocycles. The van der Waals surface area contributed by atoms with Gasteiger partial charge in [-0.1, -0.05) is 24.3 Å². The Labute approximate surface area is 158 Å². The van der Waals surface area contributed by atoms with Gasteiger partial charge in [0.15, 0.2) is 0 Å². The van der Waals surface area contributed by atoms with Crippen LogP contribution in [0.25, 0.3) is 11.4 Å². The first-order chi connectivity index (χ1) is 13.3. The fraction of sp³-hybridized carbons (Fsp3) is 0.250. The Morgan fingerprint density at radius 1 is 1.00 bits per heavy atom. The molecular formula is C20H23N5O2. The number of rotatable bonds is 9. The highest BCUT2D eigenvalue weighted by Crippen LogP contribution is 2.22. The fourth-order valence-electron chi connectivity index (χ4n) is 2.58. The number of pyridine rings is 1. The molecular weight excluding hydrogens is 342 g/mol. The normalized spacial score (nSPS) is 10.4. The van der Waals surface area contributed by atoms with E-state index in [1.54, 1.807) is 13.3 Å². The van der Waals surface area contributed by atoms with E-state index >= 15 is 0 Å². The van der Waals surface area contributed by atoms with Crippen molar-refractivity contribution in [1.29, 1.82) is 0 Å². The summed E-state index contributed by atoms with van der Waals surface area (Å²) < 4.78 is 5.40. The van der Waals surface area contributed by atoms with Gasteiger partial charge in [-0.3, -0.25) is 4.98 Å². The van der Waals surface area contributed by atoms with Crippen molar-refractivity contribution in [3.05, 3.63) is 60.3 Å². The lowest BCUT2D eigenvalue weighted by Crippen LogP contribution is -2.10. The lowest BCUT2D eigenvalue weighted by atomic mass is 10.2. The van der Waals surface area contributed by atoms with Crippen LogP contribution >= 0.6 is 0 Å². The molecule has 27 heavy (non-hydrogen) atoms. The molecule has 0 unspecified atom stereocenters. The molecule has 0 spiro atoms. The van der Waals surface area contributed by atoms with Crippen LogP contribution in [0.2, 0.25) is 0 Å². The first-order valence-electron chi connectivity index (χ1n) is 8.81. The number of para-hydroxylation sites is 1. The second kappa shape index (κ2) is 9.49. The second-order valence-electron chi connectivity index (χ2n) is 5.85. The molecule has 0 aliphatic carbocycles. The number of hydrogen-bond acceptors (Lipinski definition) is 7. The number of aliphatic hydroxyl groups excluding tert-OH is 1. The summed E-state index contributed by atoms with van der Waals surface area (Å²) >= 11 is 0. The third-order valence-corrected chi connectivity index (χ3v) is 3.92. The molecule has 2 heterocycles. The van der Waals surface area contributed by atoms with Crippen LogP contribution in [-0.4, -0.2) is 40.3 Å². The molecule has 0 aliphatic rings. The molecule has 0 fully saturated rings. The van der Waals surface area contributed by atoms with Crippen molar-refractivity contribution in [3.8, 4) is 17.1 Å². The molecule has 3 N–H and O–H groups in total. The number of aliphatic hydroxyl groups is 1. The van der Waals surface area contributed by atoms with E-state index in [9.17, 15) is 0 Å². The van der Waals surface area contributed by atoms with Crippen LogP contribution in [0.4, 0.5) is 11.8 Å². The van der Waals surface area contributed by atoms with E-state index in [1.165, 1.54) is 0 Å². The zero-order valence-electron chi connectivity index (χ0n) is 15.2. The van der Waals surface area contributed by atoms with Gasteiger partial charge in [0.05, 0.1) is 18.5 Å². The zero-order chi connectivity index (χ0) is 18.9. The van der Waals surface area contributed by atoms with Crippen molar-refractivity contribution < 1.29 is 9.84 Å². The van der Waals surface area contributed by atoms with Crippen LogP contribution in [0.15, 0.2) is 54.7 Å². The Morgan fingerprint density at radius 2 is 1.85 bits per heavy atom. The van der Waals surface area contributed by atoms with Gasteiger partial charge in [0.1, 0.15) is 11.6 Å². The van der Waals surface area contributed by atoms with Gasteiger partial charge in [-0.15, -0.1) is 0 Å². The molecule has 140 valence electrons. The Hall–Kier alpha value is -3.19. The minimum absolute atomic E-state index is 0.117. The van der Waals surface area contributed by atoms with Gasteiger partial charge in [0.25, 0.3) is 0 Å². The Balaban J connectivity index is 1.83. The first kappa shape index (κ1) is 18.6. The van der Waals surface area contributed by atoms with Crippen LogP contribution in [0.1, 0.15) is 12.0 Å². The summed E-state index contributed by atoms with van der Waals surface area (Å²) in [6, 6.07) is 15.4.